The molecule has 29 heavy (non-hydrogen) atoms. The first-order chi connectivity index (χ1) is 14.0. The molecule has 0 saturated carbocycles. The molecule has 0 saturated heterocycles. The highest BCUT2D eigenvalue weighted by Gasteiger charge is 2.30. The average Bonchev–Trinajstić information content (AvgIpc) is 2.73. The summed E-state index contributed by atoms with van der Waals surface area (Å²) in [7, 11) is 0. The number of nitrogens with one attached hydrogen (secondary N) is 2. The maximum atomic E-state index is 12.1. The zero-order valence-corrected chi connectivity index (χ0v) is 16.4. The largest absolute Gasteiger partial charge is 0.478 e. The van der Waals surface area contributed by atoms with Crippen LogP contribution in [-0.2, 0) is 25.5 Å². The van der Waals surface area contributed by atoms with Gasteiger partial charge in [-0.3, -0.25) is 14.4 Å². The van der Waals surface area contributed by atoms with Gasteiger partial charge in [-0.15, -0.1) is 0 Å². The van der Waals surface area contributed by atoms with Gasteiger partial charge >= 0.3 is 5.97 Å². The number of para-hydroxylation sites is 2. The number of benzene rings is 2. The van der Waals surface area contributed by atoms with Crippen molar-refractivity contribution in [3.05, 3.63) is 59.7 Å². The van der Waals surface area contributed by atoms with Gasteiger partial charge in [0.15, 0.2) is 12.7 Å². The molecule has 1 aliphatic heterocycles. The molecule has 0 bridgehead atoms. The second-order valence-corrected chi connectivity index (χ2v) is 6.84. The van der Waals surface area contributed by atoms with Gasteiger partial charge < -0.3 is 20.1 Å². The Morgan fingerprint density at radius 2 is 1.90 bits per heavy atom. The number of amides is 2. The van der Waals surface area contributed by atoms with Gasteiger partial charge in [0.1, 0.15) is 5.75 Å². The van der Waals surface area contributed by atoms with Crippen LogP contribution < -0.4 is 15.4 Å². The lowest BCUT2D eigenvalue weighted by molar-refractivity contribution is -0.151. The third-order valence-corrected chi connectivity index (χ3v) is 4.69. The van der Waals surface area contributed by atoms with E-state index in [4.69, 9.17) is 9.47 Å². The lowest BCUT2D eigenvalue weighted by Crippen LogP contribution is -2.39. The Bertz CT molecular complexity index is 894. The standard InChI is InChI=1S/C22H24N2O5/c1-3-15-8-10-16(11-9-15)14(2)23-20(25)13-28-21(26)12-19-22(27)24-17-6-4-5-7-18(17)29-19/h4-11,14,19H,3,12-13H2,1-2H3,(H,23,25)(H,24,27). The number of hydrogen-bond acceptors (Lipinski definition) is 5. The molecule has 2 N–H and O–H groups in total. The van der Waals surface area contributed by atoms with E-state index in [1.54, 1.807) is 24.3 Å². The number of carbonyl (C=O) groups is 3. The third-order valence-electron chi connectivity index (χ3n) is 4.69. The fourth-order valence-electron chi connectivity index (χ4n) is 2.99. The molecule has 2 atom stereocenters. The van der Waals surface area contributed by atoms with Crippen LogP contribution in [0.1, 0.15) is 37.4 Å². The molecule has 0 aromatic heterocycles. The van der Waals surface area contributed by atoms with Crippen LogP contribution in [0.15, 0.2) is 48.5 Å². The Labute approximate surface area is 169 Å². The molecule has 2 aromatic carbocycles. The van der Waals surface area contributed by atoms with Gasteiger partial charge in [-0.25, -0.2) is 0 Å². The summed E-state index contributed by atoms with van der Waals surface area (Å²) in [5, 5.41) is 5.47. The van der Waals surface area contributed by atoms with Crippen LogP contribution in [0, 0.1) is 0 Å². The maximum Gasteiger partial charge on any atom is 0.310 e. The zero-order chi connectivity index (χ0) is 20.8. The normalized spacial score (nSPS) is 16.1. The van der Waals surface area contributed by atoms with E-state index in [1.807, 2.05) is 31.2 Å². The smallest absolute Gasteiger partial charge is 0.310 e. The molecule has 3 rings (SSSR count). The summed E-state index contributed by atoms with van der Waals surface area (Å²) in [6, 6.07) is 14.7. The Kier molecular flexibility index (Phi) is 6.49. The van der Waals surface area contributed by atoms with E-state index < -0.39 is 30.5 Å². The number of hydrogen-bond donors (Lipinski definition) is 2. The number of rotatable bonds is 7. The number of aryl methyl sites for hydroxylation is 1. The van der Waals surface area contributed by atoms with Crippen molar-refractivity contribution in [3.63, 3.8) is 0 Å². The fraction of sp³-hybridized carbons (Fsp3) is 0.318. The van der Waals surface area contributed by atoms with E-state index in [1.165, 1.54) is 5.56 Å². The van der Waals surface area contributed by atoms with Crippen molar-refractivity contribution in [2.45, 2.75) is 38.8 Å². The molecule has 7 heteroatoms. The van der Waals surface area contributed by atoms with E-state index in [9.17, 15) is 14.4 Å². The van der Waals surface area contributed by atoms with Gasteiger partial charge in [0, 0.05) is 0 Å². The monoisotopic (exact) mass is 396 g/mol. The van der Waals surface area contributed by atoms with Crippen molar-refractivity contribution in [3.8, 4) is 5.75 Å². The van der Waals surface area contributed by atoms with Crippen molar-refractivity contribution in [2.75, 3.05) is 11.9 Å². The van der Waals surface area contributed by atoms with Gasteiger partial charge in [0.25, 0.3) is 11.8 Å². The van der Waals surface area contributed by atoms with Gasteiger partial charge in [0.2, 0.25) is 0 Å². The second-order valence-electron chi connectivity index (χ2n) is 6.84. The number of esters is 1. The topological polar surface area (TPSA) is 93.7 Å². The summed E-state index contributed by atoms with van der Waals surface area (Å²) in [6.07, 6.45) is -0.316. The molecule has 2 amide bonds. The van der Waals surface area contributed by atoms with Gasteiger partial charge in [-0.2, -0.15) is 0 Å². The van der Waals surface area contributed by atoms with Crippen molar-refractivity contribution in [2.24, 2.45) is 0 Å². The molecule has 0 spiro atoms. The van der Waals surface area contributed by atoms with Crippen LogP contribution in [0.4, 0.5) is 5.69 Å². The van der Waals surface area contributed by atoms with Crippen LogP contribution in [0.3, 0.4) is 0 Å². The number of ether oxygens (including phenoxy) is 2. The molecule has 2 unspecified atom stereocenters. The lowest BCUT2D eigenvalue weighted by atomic mass is 10.1. The molecule has 1 aliphatic rings. The summed E-state index contributed by atoms with van der Waals surface area (Å²) in [4.78, 5) is 36.2. The molecule has 0 aliphatic carbocycles. The van der Waals surface area contributed by atoms with E-state index in [2.05, 4.69) is 17.6 Å². The quantitative estimate of drug-likeness (QED) is 0.702. The van der Waals surface area contributed by atoms with Gasteiger partial charge in [0.05, 0.1) is 18.2 Å². The van der Waals surface area contributed by atoms with Crippen molar-refractivity contribution in [1.82, 2.24) is 5.32 Å². The van der Waals surface area contributed by atoms with Crippen LogP contribution in [0.25, 0.3) is 0 Å². The lowest BCUT2D eigenvalue weighted by Gasteiger charge is -2.25. The Hall–Kier alpha value is -3.35. The first-order valence-corrected chi connectivity index (χ1v) is 9.56. The van der Waals surface area contributed by atoms with Crippen LogP contribution >= 0.6 is 0 Å². The van der Waals surface area contributed by atoms with E-state index >= 15 is 0 Å². The second kappa shape index (κ2) is 9.23. The molecule has 0 fully saturated rings. The minimum atomic E-state index is -0.989. The first-order valence-electron chi connectivity index (χ1n) is 9.56. The molecular weight excluding hydrogens is 372 g/mol. The number of fused-ring (bicyclic) bond motifs is 1. The summed E-state index contributed by atoms with van der Waals surface area (Å²) in [6.45, 7) is 3.52. The minimum absolute atomic E-state index is 0.212. The van der Waals surface area contributed by atoms with Crippen molar-refractivity contribution >= 4 is 23.5 Å². The van der Waals surface area contributed by atoms with Crippen molar-refractivity contribution in [1.29, 1.82) is 0 Å². The Balaban J connectivity index is 1.45. The molecule has 1 heterocycles. The van der Waals surface area contributed by atoms with E-state index in [-0.39, 0.29) is 12.5 Å². The van der Waals surface area contributed by atoms with Gasteiger partial charge in [-0.05, 0) is 36.6 Å². The summed E-state index contributed by atoms with van der Waals surface area (Å²) in [5.74, 6) is -1.02. The molecular formula is C22H24N2O5. The predicted octanol–water partition coefficient (Wildman–Crippen LogP) is 2.76. The highest BCUT2D eigenvalue weighted by molar-refractivity contribution is 5.99. The molecule has 7 nitrogen and oxygen atoms in total. The van der Waals surface area contributed by atoms with Crippen LogP contribution in [0.5, 0.6) is 5.75 Å². The Morgan fingerprint density at radius 3 is 2.62 bits per heavy atom. The minimum Gasteiger partial charge on any atom is -0.478 e. The average molecular weight is 396 g/mol. The zero-order valence-electron chi connectivity index (χ0n) is 16.4. The predicted molar refractivity (Wildman–Crippen MR) is 107 cm³/mol. The van der Waals surface area contributed by atoms with Crippen LogP contribution in [-0.4, -0.2) is 30.5 Å². The molecule has 152 valence electrons. The van der Waals surface area contributed by atoms with E-state index in [0.717, 1.165) is 12.0 Å². The first kappa shape index (κ1) is 20.4. The summed E-state index contributed by atoms with van der Waals surface area (Å²) >= 11 is 0. The summed E-state index contributed by atoms with van der Waals surface area (Å²) < 4.78 is 10.6. The Morgan fingerprint density at radius 1 is 1.17 bits per heavy atom. The molecule has 2 aromatic rings. The SMILES string of the molecule is CCc1ccc(C(C)NC(=O)COC(=O)CC2Oc3ccccc3NC2=O)cc1. The maximum absolute atomic E-state index is 12.1. The highest BCUT2D eigenvalue weighted by atomic mass is 16.5. The van der Waals surface area contributed by atoms with E-state index in [0.29, 0.717) is 11.4 Å². The number of carbonyl (C=O) groups excluding carboxylic acids is 3. The highest BCUT2D eigenvalue weighted by Crippen LogP contribution is 2.29. The molecule has 0 radical (unpaired) electrons. The third kappa shape index (κ3) is 5.34. The number of anilines is 1. The summed E-state index contributed by atoms with van der Waals surface area (Å²) in [5.41, 5.74) is 2.74. The van der Waals surface area contributed by atoms with Crippen LogP contribution in [0.2, 0.25) is 0 Å². The van der Waals surface area contributed by atoms with Gasteiger partial charge in [-0.1, -0.05) is 43.3 Å². The van der Waals surface area contributed by atoms with Crippen molar-refractivity contribution < 1.29 is 23.9 Å². The fourth-order valence-corrected chi connectivity index (χ4v) is 2.99.